The lowest BCUT2D eigenvalue weighted by molar-refractivity contribution is -0.121. The van der Waals surface area contributed by atoms with Crippen molar-refractivity contribution in [2.24, 2.45) is 0 Å². The highest BCUT2D eigenvalue weighted by Crippen LogP contribution is 2.34. The summed E-state index contributed by atoms with van der Waals surface area (Å²) in [6.45, 7) is 1.68. The summed E-state index contributed by atoms with van der Waals surface area (Å²) in [7, 11) is 1.75. The molecule has 2 N–H and O–H groups in total. The molecule has 0 heterocycles. The second kappa shape index (κ2) is 6.68. The number of carbonyl (C=O) groups is 1. The molecule has 0 aromatic heterocycles. The summed E-state index contributed by atoms with van der Waals surface area (Å²) >= 11 is 0. The number of benzene rings is 1. The highest BCUT2D eigenvalue weighted by Gasteiger charge is 2.36. The molecule has 0 atom stereocenters. The van der Waals surface area contributed by atoms with Gasteiger partial charge in [0.05, 0.1) is 12.1 Å². The average molecular weight is 262 g/mol. The van der Waals surface area contributed by atoms with Gasteiger partial charge in [0, 0.05) is 20.2 Å². The maximum absolute atomic E-state index is 11.7. The molecule has 0 saturated heterocycles. The zero-order valence-corrected chi connectivity index (χ0v) is 11.4. The van der Waals surface area contributed by atoms with Gasteiger partial charge in [-0.1, -0.05) is 30.3 Å². The summed E-state index contributed by atoms with van der Waals surface area (Å²) < 4.78 is 5.49. The van der Waals surface area contributed by atoms with Gasteiger partial charge in [0.15, 0.2) is 0 Å². The lowest BCUT2D eigenvalue weighted by atomic mass is 9.80. The van der Waals surface area contributed by atoms with Crippen LogP contribution >= 0.6 is 0 Å². The normalized spacial score (nSPS) is 16.7. The number of ether oxygens (including phenoxy) is 1. The molecule has 4 nitrogen and oxygen atoms in total. The Morgan fingerprint density at radius 1 is 1.32 bits per heavy atom. The molecule has 1 fully saturated rings. The summed E-state index contributed by atoms with van der Waals surface area (Å²) in [5.74, 6) is 0.0226. The van der Waals surface area contributed by atoms with Crippen molar-refractivity contribution < 1.29 is 9.53 Å². The van der Waals surface area contributed by atoms with Crippen molar-refractivity contribution >= 4 is 5.91 Å². The predicted octanol–water partition coefficient (Wildman–Crippen LogP) is 1.46. The minimum Gasteiger partial charge on any atom is -0.377 e. The molecule has 4 heteroatoms. The molecule has 1 aliphatic carbocycles. The Morgan fingerprint density at radius 2 is 2.05 bits per heavy atom. The zero-order valence-electron chi connectivity index (χ0n) is 11.4. The van der Waals surface area contributed by atoms with E-state index >= 15 is 0 Å². The molecule has 1 aliphatic rings. The highest BCUT2D eigenvalue weighted by atomic mass is 16.5. The van der Waals surface area contributed by atoms with E-state index < -0.39 is 0 Å². The second-order valence-corrected chi connectivity index (χ2v) is 5.11. The Morgan fingerprint density at radius 3 is 2.63 bits per heavy atom. The number of amides is 1. The van der Waals surface area contributed by atoms with Crippen molar-refractivity contribution in [3.8, 4) is 0 Å². The molecular weight excluding hydrogens is 240 g/mol. The van der Waals surface area contributed by atoms with E-state index in [1.165, 1.54) is 6.42 Å². The van der Waals surface area contributed by atoms with E-state index in [1.807, 2.05) is 30.3 Å². The maximum atomic E-state index is 11.7. The van der Waals surface area contributed by atoms with E-state index in [-0.39, 0.29) is 11.5 Å². The van der Waals surface area contributed by atoms with Gasteiger partial charge in [0.25, 0.3) is 0 Å². The molecule has 1 amide bonds. The molecule has 1 saturated carbocycles. The van der Waals surface area contributed by atoms with Gasteiger partial charge in [-0.3, -0.25) is 4.79 Å². The SMILES string of the molecule is COC1(CNCC(=O)NCc2ccccc2)CCC1. The molecule has 19 heavy (non-hydrogen) atoms. The van der Waals surface area contributed by atoms with Crippen LogP contribution < -0.4 is 10.6 Å². The van der Waals surface area contributed by atoms with Crippen LogP contribution in [0.2, 0.25) is 0 Å². The van der Waals surface area contributed by atoms with E-state index in [4.69, 9.17) is 4.74 Å². The first-order valence-corrected chi connectivity index (χ1v) is 6.81. The van der Waals surface area contributed by atoms with Crippen LogP contribution in [0.15, 0.2) is 30.3 Å². The third-order valence-corrected chi connectivity index (χ3v) is 3.76. The van der Waals surface area contributed by atoms with Crippen LogP contribution in [0, 0.1) is 0 Å². The largest absolute Gasteiger partial charge is 0.377 e. The Bertz CT molecular complexity index is 396. The minimum absolute atomic E-state index is 0.0226. The average Bonchev–Trinajstić information content (AvgIpc) is 2.41. The summed E-state index contributed by atoms with van der Waals surface area (Å²) in [6.07, 6.45) is 3.39. The van der Waals surface area contributed by atoms with E-state index in [1.54, 1.807) is 7.11 Å². The van der Waals surface area contributed by atoms with Crippen LogP contribution in [-0.2, 0) is 16.1 Å². The van der Waals surface area contributed by atoms with Crippen molar-refractivity contribution in [2.45, 2.75) is 31.4 Å². The lowest BCUT2D eigenvalue weighted by Crippen LogP contribution is -2.49. The van der Waals surface area contributed by atoms with Crippen LogP contribution in [0.4, 0.5) is 0 Å². The summed E-state index contributed by atoms with van der Waals surface area (Å²) in [4.78, 5) is 11.7. The number of rotatable bonds is 7. The summed E-state index contributed by atoms with van der Waals surface area (Å²) in [6, 6.07) is 9.91. The van der Waals surface area contributed by atoms with Gasteiger partial charge in [-0.15, -0.1) is 0 Å². The molecule has 0 radical (unpaired) electrons. The van der Waals surface area contributed by atoms with E-state index in [9.17, 15) is 4.79 Å². The first-order chi connectivity index (χ1) is 9.24. The van der Waals surface area contributed by atoms with Gasteiger partial charge < -0.3 is 15.4 Å². The Kier molecular flexibility index (Phi) is 4.93. The highest BCUT2D eigenvalue weighted by molar-refractivity contribution is 5.77. The van der Waals surface area contributed by atoms with Crippen molar-refractivity contribution in [3.05, 3.63) is 35.9 Å². The predicted molar refractivity (Wildman–Crippen MR) is 74.7 cm³/mol. The summed E-state index contributed by atoms with van der Waals surface area (Å²) in [5.41, 5.74) is 1.09. The van der Waals surface area contributed by atoms with Crippen LogP contribution in [0.5, 0.6) is 0 Å². The monoisotopic (exact) mass is 262 g/mol. The molecule has 104 valence electrons. The number of hydrogen-bond donors (Lipinski definition) is 2. The smallest absolute Gasteiger partial charge is 0.234 e. The Labute approximate surface area is 114 Å². The van der Waals surface area contributed by atoms with Gasteiger partial charge in [0.2, 0.25) is 5.91 Å². The first-order valence-electron chi connectivity index (χ1n) is 6.81. The first kappa shape index (κ1) is 14.0. The van der Waals surface area contributed by atoms with Gasteiger partial charge in [-0.25, -0.2) is 0 Å². The Hall–Kier alpha value is -1.39. The second-order valence-electron chi connectivity index (χ2n) is 5.11. The summed E-state index contributed by atoms with van der Waals surface area (Å²) in [5, 5.41) is 6.08. The van der Waals surface area contributed by atoms with Crippen molar-refractivity contribution in [3.63, 3.8) is 0 Å². The molecule has 0 unspecified atom stereocenters. The third-order valence-electron chi connectivity index (χ3n) is 3.76. The number of methoxy groups -OCH3 is 1. The Balaban J connectivity index is 1.62. The fourth-order valence-electron chi connectivity index (χ4n) is 2.29. The number of hydrogen-bond acceptors (Lipinski definition) is 3. The topological polar surface area (TPSA) is 50.4 Å². The van der Waals surface area contributed by atoms with Crippen LogP contribution in [0.1, 0.15) is 24.8 Å². The lowest BCUT2D eigenvalue weighted by Gasteiger charge is -2.40. The van der Waals surface area contributed by atoms with Crippen molar-refractivity contribution in [1.82, 2.24) is 10.6 Å². The van der Waals surface area contributed by atoms with Crippen molar-refractivity contribution in [2.75, 3.05) is 20.2 Å². The fourth-order valence-corrected chi connectivity index (χ4v) is 2.29. The third kappa shape index (κ3) is 4.04. The quantitative estimate of drug-likeness (QED) is 0.782. The molecule has 1 aromatic rings. The van der Waals surface area contributed by atoms with Gasteiger partial charge in [0.1, 0.15) is 0 Å². The van der Waals surface area contributed by atoms with Gasteiger partial charge in [-0.05, 0) is 24.8 Å². The van der Waals surface area contributed by atoms with E-state index in [0.29, 0.717) is 13.1 Å². The molecular formula is C15H22N2O2. The van der Waals surface area contributed by atoms with Crippen molar-refractivity contribution in [1.29, 1.82) is 0 Å². The molecule has 0 bridgehead atoms. The molecule has 2 rings (SSSR count). The molecule has 1 aromatic carbocycles. The number of carbonyl (C=O) groups excluding carboxylic acids is 1. The van der Waals surface area contributed by atoms with Crippen LogP contribution in [0.3, 0.4) is 0 Å². The standard InChI is InChI=1S/C15H22N2O2/c1-19-15(8-5-9-15)12-16-11-14(18)17-10-13-6-3-2-4-7-13/h2-4,6-7,16H,5,8-12H2,1H3,(H,17,18). The van der Waals surface area contributed by atoms with Gasteiger partial charge in [-0.2, -0.15) is 0 Å². The van der Waals surface area contributed by atoms with Crippen LogP contribution in [0.25, 0.3) is 0 Å². The van der Waals surface area contributed by atoms with Crippen LogP contribution in [-0.4, -0.2) is 31.7 Å². The maximum Gasteiger partial charge on any atom is 0.234 e. The minimum atomic E-state index is -0.0281. The van der Waals surface area contributed by atoms with E-state index in [0.717, 1.165) is 24.9 Å². The van der Waals surface area contributed by atoms with Gasteiger partial charge >= 0.3 is 0 Å². The molecule has 0 spiro atoms. The fraction of sp³-hybridized carbons (Fsp3) is 0.533. The molecule has 0 aliphatic heterocycles. The van der Waals surface area contributed by atoms with E-state index in [2.05, 4.69) is 10.6 Å². The number of nitrogens with one attached hydrogen (secondary N) is 2. The zero-order chi connectivity index (χ0) is 13.6.